The number of amides is 1. The molecule has 1 fully saturated rings. The zero-order valence-corrected chi connectivity index (χ0v) is 9.42. The summed E-state index contributed by atoms with van der Waals surface area (Å²) < 4.78 is 0. The van der Waals surface area contributed by atoms with Crippen LogP contribution in [0.25, 0.3) is 0 Å². The van der Waals surface area contributed by atoms with E-state index in [4.69, 9.17) is 0 Å². The summed E-state index contributed by atoms with van der Waals surface area (Å²) in [7, 11) is 2.16. The monoisotopic (exact) mass is 199 g/mol. The number of hydrogen-bond acceptors (Lipinski definition) is 3. The molecule has 0 aliphatic carbocycles. The number of carbonyl (C=O) groups excluding carboxylic acids is 1. The maximum atomic E-state index is 10.7. The number of nitrogens with one attached hydrogen (secondary N) is 1. The van der Waals surface area contributed by atoms with E-state index in [0.29, 0.717) is 6.04 Å². The predicted octanol–water partition coefficient (Wildman–Crippen LogP) is -0.242. The van der Waals surface area contributed by atoms with Gasteiger partial charge in [0, 0.05) is 45.7 Å². The van der Waals surface area contributed by atoms with Gasteiger partial charge >= 0.3 is 0 Å². The summed E-state index contributed by atoms with van der Waals surface area (Å²) in [5, 5.41) is 2.82. The zero-order chi connectivity index (χ0) is 10.6. The minimum Gasteiger partial charge on any atom is -0.355 e. The molecule has 82 valence electrons. The lowest BCUT2D eigenvalue weighted by Crippen LogP contribution is -2.51. The van der Waals surface area contributed by atoms with E-state index >= 15 is 0 Å². The summed E-state index contributed by atoms with van der Waals surface area (Å²) in [6.45, 7) is 8.89. The number of rotatable bonds is 3. The maximum Gasteiger partial charge on any atom is 0.216 e. The Morgan fingerprint density at radius 1 is 1.50 bits per heavy atom. The van der Waals surface area contributed by atoms with Crippen LogP contribution in [0.4, 0.5) is 0 Å². The smallest absolute Gasteiger partial charge is 0.216 e. The molecule has 1 aliphatic rings. The van der Waals surface area contributed by atoms with Crippen LogP contribution in [0, 0.1) is 0 Å². The molecule has 0 spiro atoms. The Bertz CT molecular complexity index is 196. The van der Waals surface area contributed by atoms with E-state index in [0.717, 1.165) is 32.7 Å². The molecular formula is C10H21N3O. The highest BCUT2D eigenvalue weighted by Crippen LogP contribution is 2.05. The minimum atomic E-state index is 0.0622. The SMILES string of the molecule is CC(=O)NCCN1CCN(C)C(C)C1. The van der Waals surface area contributed by atoms with Gasteiger partial charge in [-0.05, 0) is 14.0 Å². The van der Waals surface area contributed by atoms with Gasteiger partial charge in [0.25, 0.3) is 0 Å². The molecule has 1 saturated heterocycles. The molecule has 0 saturated carbocycles. The Morgan fingerprint density at radius 3 is 2.79 bits per heavy atom. The molecule has 14 heavy (non-hydrogen) atoms. The van der Waals surface area contributed by atoms with Crippen LogP contribution >= 0.6 is 0 Å². The average Bonchev–Trinajstić information content (AvgIpc) is 2.10. The third-order valence-electron chi connectivity index (χ3n) is 2.85. The van der Waals surface area contributed by atoms with E-state index in [2.05, 4.69) is 29.1 Å². The van der Waals surface area contributed by atoms with Crippen LogP contribution in [-0.4, -0.2) is 61.5 Å². The van der Waals surface area contributed by atoms with Crippen LogP contribution in [-0.2, 0) is 4.79 Å². The molecule has 0 aromatic heterocycles. The molecule has 0 bridgehead atoms. The van der Waals surface area contributed by atoms with Crippen molar-refractivity contribution in [2.24, 2.45) is 0 Å². The third-order valence-corrected chi connectivity index (χ3v) is 2.85. The van der Waals surface area contributed by atoms with E-state index in [1.807, 2.05) is 0 Å². The van der Waals surface area contributed by atoms with Gasteiger partial charge in [-0.2, -0.15) is 0 Å². The highest BCUT2D eigenvalue weighted by Gasteiger charge is 2.19. The van der Waals surface area contributed by atoms with Crippen molar-refractivity contribution >= 4 is 5.91 Å². The van der Waals surface area contributed by atoms with Crippen LogP contribution in [0.3, 0.4) is 0 Å². The normalized spacial score (nSPS) is 24.9. The first-order valence-electron chi connectivity index (χ1n) is 5.26. The Kier molecular flexibility index (Phi) is 4.35. The molecule has 0 radical (unpaired) electrons. The first kappa shape index (κ1) is 11.5. The van der Waals surface area contributed by atoms with Gasteiger partial charge < -0.3 is 10.2 Å². The molecular weight excluding hydrogens is 178 g/mol. The van der Waals surface area contributed by atoms with Crippen molar-refractivity contribution in [3.05, 3.63) is 0 Å². The number of carbonyl (C=O) groups is 1. The van der Waals surface area contributed by atoms with Gasteiger partial charge in [-0.15, -0.1) is 0 Å². The van der Waals surface area contributed by atoms with Gasteiger partial charge in [0.2, 0.25) is 5.91 Å². The summed E-state index contributed by atoms with van der Waals surface area (Å²) in [6.07, 6.45) is 0. The van der Waals surface area contributed by atoms with Gasteiger partial charge in [0.1, 0.15) is 0 Å². The topological polar surface area (TPSA) is 35.6 Å². The van der Waals surface area contributed by atoms with Gasteiger partial charge in [0.15, 0.2) is 0 Å². The molecule has 1 amide bonds. The van der Waals surface area contributed by atoms with Gasteiger partial charge in [-0.1, -0.05) is 0 Å². The first-order valence-corrected chi connectivity index (χ1v) is 5.26. The molecule has 0 aromatic rings. The standard InChI is InChI=1S/C10H21N3O/c1-9-8-13(7-6-12(9)3)5-4-11-10(2)14/h9H,4-8H2,1-3H3,(H,11,14). The largest absolute Gasteiger partial charge is 0.355 e. The second-order valence-electron chi connectivity index (χ2n) is 4.11. The Hall–Kier alpha value is -0.610. The highest BCUT2D eigenvalue weighted by molar-refractivity contribution is 5.72. The third kappa shape index (κ3) is 3.64. The minimum absolute atomic E-state index is 0.0622. The fourth-order valence-corrected chi connectivity index (χ4v) is 1.72. The zero-order valence-electron chi connectivity index (χ0n) is 9.42. The van der Waals surface area contributed by atoms with Gasteiger partial charge in [-0.25, -0.2) is 0 Å². The fraction of sp³-hybridized carbons (Fsp3) is 0.900. The van der Waals surface area contributed by atoms with Crippen LogP contribution in [0.15, 0.2) is 0 Å². The molecule has 0 aromatic carbocycles. The van der Waals surface area contributed by atoms with E-state index in [9.17, 15) is 4.79 Å². The molecule has 1 atom stereocenters. The lowest BCUT2D eigenvalue weighted by atomic mass is 10.2. The second-order valence-corrected chi connectivity index (χ2v) is 4.11. The van der Waals surface area contributed by atoms with E-state index < -0.39 is 0 Å². The summed E-state index contributed by atoms with van der Waals surface area (Å²) in [6, 6.07) is 0.626. The quantitative estimate of drug-likeness (QED) is 0.681. The Labute approximate surface area is 86.2 Å². The van der Waals surface area contributed by atoms with Gasteiger partial charge in [-0.3, -0.25) is 9.69 Å². The van der Waals surface area contributed by atoms with Crippen molar-refractivity contribution in [1.29, 1.82) is 0 Å². The molecule has 1 aliphatic heterocycles. The van der Waals surface area contributed by atoms with Crippen molar-refractivity contribution in [1.82, 2.24) is 15.1 Å². The molecule has 4 heteroatoms. The molecule has 1 rings (SSSR count). The van der Waals surface area contributed by atoms with Crippen molar-refractivity contribution in [2.75, 3.05) is 39.8 Å². The van der Waals surface area contributed by atoms with Crippen LogP contribution < -0.4 is 5.32 Å². The Morgan fingerprint density at radius 2 is 2.21 bits per heavy atom. The lowest BCUT2D eigenvalue weighted by Gasteiger charge is -2.37. The number of piperazine rings is 1. The first-order chi connectivity index (χ1) is 6.59. The lowest BCUT2D eigenvalue weighted by molar-refractivity contribution is -0.119. The van der Waals surface area contributed by atoms with Crippen molar-refractivity contribution in [2.45, 2.75) is 19.9 Å². The fourth-order valence-electron chi connectivity index (χ4n) is 1.72. The second kappa shape index (κ2) is 5.32. The summed E-state index contributed by atoms with van der Waals surface area (Å²) in [4.78, 5) is 15.4. The molecule has 1 unspecified atom stereocenters. The van der Waals surface area contributed by atoms with Crippen molar-refractivity contribution in [3.63, 3.8) is 0 Å². The Balaban J connectivity index is 2.16. The van der Waals surface area contributed by atoms with Gasteiger partial charge in [0.05, 0.1) is 0 Å². The summed E-state index contributed by atoms with van der Waals surface area (Å²) in [5.41, 5.74) is 0. The van der Waals surface area contributed by atoms with Crippen LogP contribution in [0.2, 0.25) is 0 Å². The highest BCUT2D eigenvalue weighted by atomic mass is 16.1. The number of likely N-dealkylation sites (N-methyl/N-ethyl adjacent to an activating group) is 1. The van der Waals surface area contributed by atoms with Crippen molar-refractivity contribution < 1.29 is 4.79 Å². The van der Waals surface area contributed by atoms with E-state index in [1.54, 1.807) is 6.92 Å². The van der Waals surface area contributed by atoms with E-state index in [1.165, 1.54) is 0 Å². The van der Waals surface area contributed by atoms with Crippen molar-refractivity contribution in [3.8, 4) is 0 Å². The molecule has 1 N–H and O–H groups in total. The molecule has 4 nitrogen and oxygen atoms in total. The summed E-state index contributed by atoms with van der Waals surface area (Å²) >= 11 is 0. The maximum absolute atomic E-state index is 10.7. The predicted molar refractivity (Wildman–Crippen MR) is 57.2 cm³/mol. The number of hydrogen-bond donors (Lipinski definition) is 1. The van der Waals surface area contributed by atoms with E-state index in [-0.39, 0.29) is 5.91 Å². The molecule has 1 heterocycles. The average molecular weight is 199 g/mol. The summed E-state index contributed by atoms with van der Waals surface area (Å²) in [5.74, 6) is 0.0622. The number of nitrogens with zero attached hydrogens (tertiary/aromatic N) is 2. The van der Waals surface area contributed by atoms with Crippen LogP contribution in [0.5, 0.6) is 0 Å². The van der Waals surface area contributed by atoms with Crippen LogP contribution in [0.1, 0.15) is 13.8 Å².